The summed E-state index contributed by atoms with van der Waals surface area (Å²) in [5.41, 5.74) is 4.21. The highest BCUT2D eigenvalue weighted by Gasteiger charge is 2.35. The van der Waals surface area contributed by atoms with Gasteiger partial charge in [0, 0.05) is 48.9 Å². The maximum Gasteiger partial charge on any atom is 0.410 e. The smallest absolute Gasteiger partial charge is 0.410 e. The molecular formula is C38H43N7O3. The normalized spacial score (nSPS) is 19.6. The van der Waals surface area contributed by atoms with E-state index in [2.05, 4.69) is 70.2 Å². The number of carbonyl (C=O) groups is 1. The average molecular weight is 646 g/mol. The molecule has 10 heteroatoms. The Bertz CT molecular complexity index is 1770. The van der Waals surface area contributed by atoms with Crippen molar-refractivity contribution in [3.63, 3.8) is 0 Å². The van der Waals surface area contributed by atoms with Gasteiger partial charge in [-0.25, -0.2) is 4.79 Å². The van der Waals surface area contributed by atoms with Gasteiger partial charge in [0.15, 0.2) is 0 Å². The lowest BCUT2D eigenvalue weighted by Gasteiger charge is -2.42. The van der Waals surface area contributed by atoms with E-state index < -0.39 is 6.09 Å². The monoisotopic (exact) mass is 645 g/mol. The fraction of sp³-hybridized carbons (Fsp3) is 0.421. The third-order valence-corrected chi connectivity index (χ3v) is 9.99. The van der Waals surface area contributed by atoms with Crippen LogP contribution in [0.4, 0.5) is 16.3 Å². The number of nitriles is 1. The second kappa shape index (κ2) is 14.5. The zero-order chi connectivity index (χ0) is 32.9. The minimum absolute atomic E-state index is 0.197. The van der Waals surface area contributed by atoms with Crippen molar-refractivity contribution in [2.24, 2.45) is 0 Å². The molecule has 1 aromatic heterocycles. The van der Waals surface area contributed by atoms with Gasteiger partial charge in [-0.1, -0.05) is 73.7 Å². The number of benzene rings is 3. The first-order valence-corrected chi connectivity index (χ1v) is 17.2. The Morgan fingerprint density at radius 2 is 1.77 bits per heavy atom. The first-order chi connectivity index (χ1) is 23.6. The number of carbonyl (C=O) groups excluding carboxylic acids is 1. The maximum atomic E-state index is 13.2. The van der Waals surface area contributed by atoms with Crippen molar-refractivity contribution in [2.45, 2.75) is 57.8 Å². The molecule has 7 rings (SSSR count). The summed E-state index contributed by atoms with van der Waals surface area (Å²) in [4.78, 5) is 32.1. The van der Waals surface area contributed by atoms with E-state index in [0.29, 0.717) is 44.8 Å². The first kappa shape index (κ1) is 31.7. The van der Waals surface area contributed by atoms with Crippen molar-refractivity contribution < 1.29 is 14.3 Å². The largest absolute Gasteiger partial charge is 0.462 e. The van der Waals surface area contributed by atoms with Crippen molar-refractivity contribution in [3.05, 3.63) is 89.6 Å². The summed E-state index contributed by atoms with van der Waals surface area (Å²) in [5.74, 6) is 0.853. The Labute approximate surface area is 282 Å². The molecule has 0 spiro atoms. The van der Waals surface area contributed by atoms with Crippen LogP contribution in [0.25, 0.3) is 10.8 Å². The number of likely N-dealkylation sites (tertiary alicyclic amines) is 1. The quantitative estimate of drug-likeness (QED) is 0.224. The molecule has 0 saturated carbocycles. The molecule has 0 aliphatic carbocycles. The van der Waals surface area contributed by atoms with Crippen molar-refractivity contribution in [1.29, 1.82) is 5.26 Å². The molecule has 1 amide bonds. The summed E-state index contributed by atoms with van der Waals surface area (Å²) >= 11 is 0. The van der Waals surface area contributed by atoms with Crippen LogP contribution in [0.15, 0.2) is 72.8 Å². The molecule has 3 aromatic carbocycles. The third-order valence-electron chi connectivity index (χ3n) is 9.99. The third kappa shape index (κ3) is 6.74. The zero-order valence-electron chi connectivity index (χ0n) is 27.6. The molecule has 0 radical (unpaired) electrons. The van der Waals surface area contributed by atoms with Gasteiger partial charge >= 0.3 is 12.1 Å². The van der Waals surface area contributed by atoms with Gasteiger partial charge in [-0.15, -0.1) is 0 Å². The Balaban J connectivity index is 1.15. The van der Waals surface area contributed by atoms with Crippen molar-refractivity contribution in [1.82, 2.24) is 19.8 Å². The van der Waals surface area contributed by atoms with Crippen LogP contribution in [0.3, 0.4) is 0 Å². The molecule has 2 atom stereocenters. The van der Waals surface area contributed by atoms with Crippen LogP contribution in [0.2, 0.25) is 0 Å². The van der Waals surface area contributed by atoms with Crippen LogP contribution >= 0.6 is 0 Å². The van der Waals surface area contributed by atoms with Crippen LogP contribution in [0.1, 0.15) is 43.0 Å². The summed E-state index contributed by atoms with van der Waals surface area (Å²) in [5, 5.41) is 12.2. The Hall–Kier alpha value is -4.88. The molecule has 3 aliphatic heterocycles. The second-order valence-electron chi connectivity index (χ2n) is 12.9. The Kier molecular flexibility index (Phi) is 9.57. The van der Waals surface area contributed by atoms with E-state index >= 15 is 0 Å². The predicted octanol–water partition coefficient (Wildman–Crippen LogP) is 5.80. The lowest BCUT2D eigenvalue weighted by Crippen LogP contribution is -2.55. The van der Waals surface area contributed by atoms with Crippen LogP contribution in [-0.2, 0) is 24.3 Å². The highest BCUT2D eigenvalue weighted by Crippen LogP contribution is 2.35. The number of amides is 1. The first-order valence-electron chi connectivity index (χ1n) is 17.2. The van der Waals surface area contributed by atoms with Crippen molar-refractivity contribution >= 4 is 28.4 Å². The highest BCUT2D eigenvalue weighted by molar-refractivity contribution is 5.94. The molecule has 3 aliphatic rings. The second-order valence-corrected chi connectivity index (χ2v) is 12.9. The number of ether oxygens (including phenoxy) is 2. The summed E-state index contributed by atoms with van der Waals surface area (Å²) in [6.45, 7) is 8.02. The SMILES string of the molecule is CCN1CCCC1COc1nc2c(c(N3CCN(C(=O)OCc4ccccc4)[C@@H](CC#N)C3)n1)CCN(c1cccc3ccccc13)C2. The van der Waals surface area contributed by atoms with E-state index in [1.807, 2.05) is 30.3 Å². The predicted molar refractivity (Wildman–Crippen MR) is 186 cm³/mol. The molecule has 4 aromatic rings. The fourth-order valence-electron chi connectivity index (χ4n) is 7.45. The molecular weight excluding hydrogens is 602 g/mol. The average Bonchev–Trinajstić information content (AvgIpc) is 3.60. The molecule has 248 valence electrons. The number of anilines is 2. The van der Waals surface area contributed by atoms with Gasteiger partial charge in [0.1, 0.15) is 19.0 Å². The minimum Gasteiger partial charge on any atom is -0.462 e. The van der Waals surface area contributed by atoms with Crippen molar-refractivity contribution in [2.75, 3.05) is 55.7 Å². The van der Waals surface area contributed by atoms with Gasteiger partial charge in [0.25, 0.3) is 0 Å². The van der Waals surface area contributed by atoms with E-state index in [1.54, 1.807) is 4.90 Å². The fourth-order valence-corrected chi connectivity index (χ4v) is 7.45. The van der Waals surface area contributed by atoms with Gasteiger partial charge in [-0.3, -0.25) is 4.90 Å². The van der Waals surface area contributed by atoms with E-state index in [-0.39, 0.29) is 19.1 Å². The van der Waals surface area contributed by atoms with Gasteiger partial charge in [0.05, 0.1) is 30.8 Å². The number of aromatic nitrogens is 2. The van der Waals surface area contributed by atoms with E-state index in [0.717, 1.165) is 55.1 Å². The van der Waals surface area contributed by atoms with Crippen LogP contribution < -0.4 is 14.5 Å². The minimum atomic E-state index is -0.393. The molecule has 2 fully saturated rings. The molecule has 4 heterocycles. The van der Waals surface area contributed by atoms with Gasteiger partial charge in [-0.2, -0.15) is 15.2 Å². The number of nitrogens with zero attached hydrogens (tertiary/aromatic N) is 7. The Morgan fingerprint density at radius 3 is 2.62 bits per heavy atom. The van der Waals surface area contributed by atoms with E-state index in [4.69, 9.17) is 19.4 Å². The number of piperazine rings is 1. The van der Waals surface area contributed by atoms with Crippen LogP contribution in [0, 0.1) is 11.3 Å². The maximum absolute atomic E-state index is 13.2. The van der Waals surface area contributed by atoms with E-state index in [9.17, 15) is 10.1 Å². The van der Waals surface area contributed by atoms with Gasteiger partial charge < -0.3 is 24.2 Å². The number of fused-ring (bicyclic) bond motifs is 2. The molecule has 0 bridgehead atoms. The van der Waals surface area contributed by atoms with Crippen LogP contribution in [0.5, 0.6) is 6.01 Å². The van der Waals surface area contributed by atoms with E-state index in [1.165, 1.54) is 22.9 Å². The highest BCUT2D eigenvalue weighted by atomic mass is 16.6. The molecule has 2 saturated heterocycles. The summed E-state index contributed by atoms with van der Waals surface area (Å²) in [6.07, 6.45) is 2.88. The molecule has 1 unspecified atom stereocenters. The molecule has 48 heavy (non-hydrogen) atoms. The summed E-state index contributed by atoms with van der Waals surface area (Å²) in [7, 11) is 0. The molecule has 10 nitrogen and oxygen atoms in total. The summed E-state index contributed by atoms with van der Waals surface area (Å²) in [6, 6.07) is 27.3. The lowest BCUT2D eigenvalue weighted by atomic mass is 10.0. The number of hydrogen-bond donors (Lipinski definition) is 0. The number of likely N-dealkylation sites (N-methyl/N-ethyl adjacent to an activating group) is 1. The standard InChI is InChI=1S/C38H43N7O3/c1-2-42-20-9-14-31(42)27-47-37-40-34-25-43(35-16-8-13-29-12-6-7-15-32(29)35)21-18-33(34)36(41-37)44-22-23-45(30(24-44)17-19-39)38(46)48-26-28-10-4-3-5-11-28/h3-8,10-13,15-16,30-31H,2,9,14,17-18,20-27H2,1H3/t30-,31?/m0/s1. The van der Waals surface area contributed by atoms with Gasteiger partial charge in [0.2, 0.25) is 0 Å². The summed E-state index contributed by atoms with van der Waals surface area (Å²) < 4.78 is 12.1. The number of hydrogen-bond acceptors (Lipinski definition) is 9. The topological polar surface area (TPSA) is 98.1 Å². The zero-order valence-corrected chi connectivity index (χ0v) is 27.6. The Morgan fingerprint density at radius 1 is 0.938 bits per heavy atom. The molecule has 0 N–H and O–H groups in total. The van der Waals surface area contributed by atoms with Crippen molar-refractivity contribution in [3.8, 4) is 12.1 Å². The lowest BCUT2D eigenvalue weighted by molar-refractivity contribution is 0.0767. The van der Waals surface area contributed by atoms with Gasteiger partial charge in [-0.05, 0) is 49.4 Å². The van der Waals surface area contributed by atoms with Crippen LogP contribution in [-0.4, -0.2) is 83.8 Å². The number of rotatable bonds is 9.